The minimum absolute atomic E-state index is 0.273. The molecule has 0 fully saturated rings. The highest BCUT2D eigenvalue weighted by atomic mass is 79.9. The van der Waals surface area contributed by atoms with Gasteiger partial charge in [-0.3, -0.25) is 0 Å². The molecule has 0 spiro atoms. The molecule has 0 saturated heterocycles. The summed E-state index contributed by atoms with van der Waals surface area (Å²) >= 11 is 2.69. The molecule has 15 heavy (non-hydrogen) atoms. The van der Waals surface area contributed by atoms with Crippen LogP contribution >= 0.6 is 15.9 Å². The molecular weight excluding hydrogens is 298 g/mol. The van der Waals surface area contributed by atoms with Crippen molar-refractivity contribution in [3.05, 3.63) is 16.4 Å². The van der Waals surface area contributed by atoms with E-state index in [1.54, 1.807) is 0 Å². The van der Waals surface area contributed by atoms with Crippen LogP contribution in [0.4, 0.5) is 8.78 Å². The fraction of sp³-hybridized carbons (Fsp3) is 0.167. The zero-order chi connectivity index (χ0) is 11.8. The van der Waals surface area contributed by atoms with Gasteiger partial charge >= 0.3 is 0 Å². The Bertz CT molecular complexity index is 491. The van der Waals surface area contributed by atoms with Crippen LogP contribution in [0.2, 0.25) is 0 Å². The molecule has 0 atom stereocenters. The topological polar surface area (TPSA) is 93.3 Å². The largest absolute Gasteiger partial charge is 0.505 e. The van der Waals surface area contributed by atoms with E-state index in [-0.39, 0.29) is 4.60 Å². The lowest BCUT2D eigenvalue weighted by atomic mass is 10.3. The van der Waals surface area contributed by atoms with Crippen molar-refractivity contribution in [2.75, 3.05) is 0 Å². The molecule has 0 aliphatic rings. The first-order chi connectivity index (χ1) is 6.73. The Morgan fingerprint density at radius 2 is 2.07 bits per heavy atom. The van der Waals surface area contributed by atoms with E-state index >= 15 is 0 Å². The zero-order valence-corrected chi connectivity index (χ0v) is 9.39. The fourth-order valence-corrected chi connectivity index (χ4v) is 1.87. The van der Waals surface area contributed by atoms with Crippen molar-refractivity contribution in [1.29, 1.82) is 0 Å². The average molecular weight is 303 g/mol. The quantitative estimate of drug-likeness (QED) is 0.801. The van der Waals surface area contributed by atoms with Gasteiger partial charge in [0.05, 0.1) is 0 Å². The molecule has 0 aliphatic carbocycles. The molecule has 1 rings (SSSR count). The van der Waals surface area contributed by atoms with Gasteiger partial charge in [-0.05, 0) is 15.9 Å². The number of hydrogen-bond acceptors (Lipinski definition) is 4. The van der Waals surface area contributed by atoms with Crippen LogP contribution < -0.4 is 5.14 Å². The molecule has 0 aromatic carbocycles. The summed E-state index contributed by atoms with van der Waals surface area (Å²) in [6.45, 7) is 0. The molecule has 5 nitrogen and oxygen atoms in total. The zero-order valence-electron chi connectivity index (χ0n) is 6.99. The van der Waals surface area contributed by atoms with Crippen molar-refractivity contribution in [3.63, 3.8) is 0 Å². The standard InChI is InChI=1S/C6H5BrF2N2O3S/c7-5-2(12)1-3(15(10,13)14)4(11-5)6(8)9/h1,6,12H,(H2,10,13,14). The lowest BCUT2D eigenvalue weighted by Crippen LogP contribution is -2.16. The maximum atomic E-state index is 12.4. The van der Waals surface area contributed by atoms with Crippen LogP contribution in [-0.2, 0) is 10.0 Å². The summed E-state index contributed by atoms with van der Waals surface area (Å²) in [6.07, 6.45) is -3.10. The molecule has 1 heterocycles. The number of aromatic nitrogens is 1. The Morgan fingerprint density at radius 3 is 2.47 bits per heavy atom. The lowest BCUT2D eigenvalue weighted by molar-refractivity contribution is 0.142. The van der Waals surface area contributed by atoms with E-state index in [4.69, 9.17) is 5.11 Å². The third-order valence-electron chi connectivity index (χ3n) is 1.46. The van der Waals surface area contributed by atoms with Crippen LogP contribution in [0.5, 0.6) is 5.75 Å². The maximum Gasteiger partial charge on any atom is 0.281 e. The first-order valence-corrected chi connectivity index (χ1v) is 5.77. The van der Waals surface area contributed by atoms with Gasteiger partial charge in [0.1, 0.15) is 20.9 Å². The van der Waals surface area contributed by atoms with E-state index in [1.165, 1.54) is 0 Å². The predicted octanol–water partition coefficient (Wildman–Crippen LogP) is 1.13. The fourth-order valence-electron chi connectivity index (χ4n) is 0.860. The molecule has 1 aromatic heterocycles. The van der Waals surface area contributed by atoms with E-state index in [0.717, 1.165) is 0 Å². The van der Waals surface area contributed by atoms with Gasteiger partial charge in [-0.15, -0.1) is 0 Å². The summed E-state index contributed by atoms with van der Waals surface area (Å²) in [4.78, 5) is 2.31. The summed E-state index contributed by atoms with van der Waals surface area (Å²) < 4.78 is 46.3. The number of nitrogens with two attached hydrogens (primary N) is 1. The third kappa shape index (κ3) is 2.61. The molecule has 84 valence electrons. The van der Waals surface area contributed by atoms with Gasteiger partial charge in [0.2, 0.25) is 10.0 Å². The first kappa shape index (κ1) is 12.3. The molecule has 1 aromatic rings. The van der Waals surface area contributed by atoms with E-state index in [0.29, 0.717) is 6.07 Å². The molecule has 9 heteroatoms. The number of rotatable bonds is 2. The van der Waals surface area contributed by atoms with Crippen molar-refractivity contribution in [3.8, 4) is 5.75 Å². The minimum Gasteiger partial charge on any atom is -0.505 e. The van der Waals surface area contributed by atoms with Crippen LogP contribution in [0.1, 0.15) is 12.1 Å². The summed E-state index contributed by atoms with van der Waals surface area (Å²) in [5.74, 6) is -0.580. The van der Waals surface area contributed by atoms with Gasteiger partial charge in [-0.2, -0.15) is 0 Å². The van der Waals surface area contributed by atoms with E-state index < -0.39 is 32.8 Å². The predicted molar refractivity (Wildman–Crippen MR) is 49.9 cm³/mol. The van der Waals surface area contributed by atoms with Crippen molar-refractivity contribution >= 4 is 26.0 Å². The molecule has 0 radical (unpaired) electrons. The second-order valence-electron chi connectivity index (χ2n) is 2.53. The second kappa shape index (κ2) is 3.99. The van der Waals surface area contributed by atoms with Gasteiger partial charge in [-0.1, -0.05) is 0 Å². The number of sulfonamides is 1. The Morgan fingerprint density at radius 1 is 1.53 bits per heavy atom. The van der Waals surface area contributed by atoms with Gasteiger partial charge in [0, 0.05) is 6.07 Å². The molecule has 0 bridgehead atoms. The first-order valence-electron chi connectivity index (χ1n) is 3.44. The van der Waals surface area contributed by atoms with Crippen LogP contribution in [0.3, 0.4) is 0 Å². The Balaban J connectivity index is 3.56. The lowest BCUT2D eigenvalue weighted by Gasteiger charge is -2.07. The average Bonchev–Trinajstić information content (AvgIpc) is 2.06. The number of halogens is 3. The molecular formula is C6H5BrF2N2O3S. The third-order valence-corrected chi connectivity index (χ3v) is 2.99. The van der Waals surface area contributed by atoms with Crippen molar-refractivity contribution in [1.82, 2.24) is 4.98 Å². The van der Waals surface area contributed by atoms with E-state index in [1.807, 2.05) is 0 Å². The van der Waals surface area contributed by atoms with Crippen LogP contribution in [0.15, 0.2) is 15.6 Å². The number of nitrogens with zero attached hydrogens (tertiary/aromatic N) is 1. The molecule has 0 unspecified atom stereocenters. The van der Waals surface area contributed by atoms with Gasteiger partial charge in [0.15, 0.2) is 0 Å². The van der Waals surface area contributed by atoms with E-state index in [2.05, 4.69) is 26.1 Å². The van der Waals surface area contributed by atoms with Crippen molar-refractivity contribution in [2.24, 2.45) is 5.14 Å². The van der Waals surface area contributed by atoms with Crippen LogP contribution in [-0.4, -0.2) is 18.5 Å². The SMILES string of the molecule is NS(=O)(=O)c1cc(O)c(Br)nc1C(F)F. The van der Waals surface area contributed by atoms with Gasteiger partial charge in [-0.25, -0.2) is 27.3 Å². The number of hydrogen-bond donors (Lipinski definition) is 2. The number of aromatic hydroxyl groups is 1. The minimum atomic E-state index is -4.34. The van der Waals surface area contributed by atoms with Gasteiger partial charge < -0.3 is 5.11 Å². The Hall–Kier alpha value is -0.800. The second-order valence-corrected chi connectivity index (χ2v) is 4.81. The highest BCUT2D eigenvalue weighted by molar-refractivity contribution is 9.10. The number of alkyl halides is 2. The summed E-state index contributed by atoms with van der Waals surface area (Å²) in [7, 11) is -4.34. The molecule has 0 amide bonds. The molecule has 0 aliphatic heterocycles. The van der Waals surface area contributed by atoms with E-state index in [9.17, 15) is 17.2 Å². The smallest absolute Gasteiger partial charge is 0.281 e. The van der Waals surface area contributed by atoms with Gasteiger partial charge in [0.25, 0.3) is 6.43 Å². The summed E-state index contributed by atoms with van der Waals surface area (Å²) in [5, 5.41) is 13.8. The van der Waals surface area contributed by atoms with Crippen molar-refractivity contribution in [2.45, 2.75) is 11.3 Å². The maximum absolute atomic E-state index is 12.4. The highest BCUT2D eigenvalue weighted by Gasteiger charge is 2.24. The van der Waals surface area contributed by atoms with Crippen LogP contribution in [0, 0.1) is 0 Å². The summed E-state index contributed by atoms with van der Waals surface area (Å²) in [5.41, 5.74) is -0.998. The highest BCUT2D eigenvalue weighted by Crippen LogP contribution is 2.31. The summed E-state index contributed by atoms with van der Waals surface area (Å²) in [6, 6.07) is 0.619. The number of pyridine rings is 1. The molecule has 0 saturated carbocycles. The molecule has 3 N–H and O–H groups in total. The Kier molecular flexibility index (Phi) is 3.26. The normalized spacial score (nSPS) is 12.1. The van der Waals surface area contributed by atoms with Crippen LogP contribution in [0.25, 0.3) is 0 Å². The number of primary sulfonamides is 1. The van der Waals surface area contributed by atoms with Crippen molar-refractivity contribution < 1.29 is 22.3 Å². The Labute approximate surface area is 92.1 Å². The monoisotopic (exact) mass is 302 g/mol.